The van der Waals surface area contributed by atoms with Crippen LogP contribution in [0.15, 0.2) is 35.2 Å². The van der Waals surface area contributed by atoms with Crippen LogP contribution in [0.1, 0.15) is 96.8 Å². The van der Waals surface area contributed by atoms with Crippen molar-refractivity contribution in [3.63, 3.8) is 0 Å². The summed E-state index contributed by atoms with van der Waals surface area (Å²) in [6, 6.07) is 8.36. The van der Waals surface area contributed by atoms with Crippen molar-refractivity contribution in [1.29, 1.82) is 0 Å². The van der Waals surface area contributed by atoms with Crippen LogP contribution in [0, 0.1) is 0 Å². The molecule has 0 atom stereocenters. The second-order valence-corrected chi connectivity index (χ2v) is 8.80. The molecule has 0 amide bonds. The summed E-state index contributed by atoms with van der Waals surface area (Å²) in [4.78, 5) is 0.241. The van der Waals surface area contributed by atoms with Gasteiger partial charge in [-0.3, -0.25) is 4.18 Å². The van der Waals surface area contributed by atoms with Gasteiger partial charge in [0.15, 0.2) is 0 Å². The van der Waals surface area contributed by atoms with Crippen molar-refractivity contribution < 1.29 is 12.6 Å². The van der Waals surface area contributed by atoms with Gasteiger partial charge in [-0.2, -0.15) is 8.42 Å². The van der Waals surface area contributed by atoms with Crippen LogP contribution in [0.5, 0.6) is 0 Å². The zero-order valence-corrected chi connectivity index (χ0v) is 20.4. The molecular weight excluding hydrogens is 384 g/mol. The van der Waals surface area contributed by atoms with Gasteiger partial charge < -0.3 is 0 Å². The van der Waals surface area contributed by atoms with Crippen LogP contribution >= 0.6 is 0 Å². The van der Waals surface area contributed by atoms with Crippen LogP contribution in [-0.4, -0.2) is 52.8 Å². The SMILES string of the molecule is CCCCCCCCCCCCCCCCOS(=O)(=O)c1ccccc1.[Ca]. The Morgan fingerprint density at radius 2 is 1.07 bits per heavy atom. The molecule has 0 N–H and O–H groups in total. The fraction of sp³-hybridized carbons (Fsp3) is 0.727. The first-order chi connectivity index (χ1) is 12.7. The van der Waals surface area contributed by atoms with Crippen molar-refractivity contribution >= 4 is 47.9 Å². The van der Waals surface area contributed by atoms with Crippen molar-refractivity contribution in [3.05, 3.63) is 30.3 Å². The molecule has 0 unspecified atom stereocenters. The van der Waals surface area contributed by atoms with Gasteiger partial charge in [-0.05, 0) is 18.6 Å². The molecule has 0 aliphatic heterocycles. The maximum Gasteiger partial charge on any atom is 0.296 e. The zero-order chi connectivity index (χ0) is 18.9. The summed E-state index contributed by atoms with van der Waals surface area (Å²) < 4.78 is 29.0. The molecule has 0 aliphatic carbocycles. The summed E-state index contributed by atoms with van der Waals surface area (Å²) in [5, 5.41) is 0. The molecule has 0 bridgehead atoms. The average molecular weight is 423 g/mol. The molecule has 0 aromatic heterocycles. The first kappa shape index (κ1) is 27.4. The van der Waals surface area contributed by atoms with E-state index in [1.807, 2.05) is 0 Å². The van der Waals surface area contributed by atoms with E-state index in [-0.39, 0.29) is 49.2 Å². The fourth-order valence-corrected chi connectivity index (χ4v) is 4.08. The van der Waals surface area contributed by atoms with E-state index >= 15 is 0 Å². The van der Waals surface area contributed by atoms with Gasteiger partial charge in [0, 0.05) is 37.7 Å². The summed E-state index contributed by atoms with van der Waals surface area (Å²) in [7, 11) is -3.58. The van der Waals surface area contributed by atoms with Gasteiger partial charge in [-0.25, -0.2) is 0 Å². The van der Waals surface area contributed by atoms with Crippen molar-refractivity contribution in [1.82, 2.24) is 0 Å². The van der Waals surface area contributed by atoms with Crippen LogP contribution in [-0.2, 0) is 14.3 Å². The predicted molar refractivity (Wildman–Crippen MR) is 116 cm³/mol. The second kappa shape index (κ2) is 18.4. The Balaban J connectivity index is 0.00000676. The Labute approximate surface area is 197 Å². The zero-order valence-electron chi connectivity index (χ0n) is 17.3. The van der Waals surface area contributed by atoms with E-state index in [2.05, 4.69) is 6.92 Å². The van der Waals surface area contributed by atoms with Crippen molar-refractivity contribution in [2.24, 2.45) is 0 Å². The number of hydrogen-bond acceptors (Lipinski definition) is 3. The molecule has 3 nitrogen and oxygen atoms in total. The maximum absolute atomic E-state index is 11.9. The summed E-state index contributed by atoms with van der Waals surface area (Å²) >= 11 is 0. The first-order valence-corrected chi connectivity index (χ1v) is 12.0. The largest absolute Gasteiger partial charge is 0.296 e. The molecular formula is C22H38CaO3S. The summed E-state index contributed by atoms with van der Waals surface area (Å²) in [6.07, 6.45) is 18.0. The van der Waals surface area contributed by atoms with Crippen LogP contribution < -0.4 is 0 Å². The Hall–Kier alpha value is 0.390. The first-order valence-electron chi connectivity index (χ1n) is 10.6. The molecule has 0 heterocycles. The molecule has 1 aromatic carbocycles. The standard InChI is InChI=1S/C22H38O3S.Ca/c1-2-3-4-5-6-7-8-9-10-11-12-13-14-18-21-25-26(23,24)22-19-16-15-17-20-22;/h15-17,19-20H,2-14,18,21H2,1H3;. The third-order valence-corrected chi connectivity index (χ3v) is 6.09. The van der Waals surface area contributed by atoms with E-state index in [4.69, 9.17) is 4.18 Å². The van der Waals surface area contributed by atoms with Crippen LogP contribution in [0.4, 0.5) is 0 Å². The predicted octanol–water partition coefficient (Wildman–Crippen LogP) is 6.49. The van der Waals surface area contributed by atoms with Gasteiger partial charge >= 0.3 is 0 Å². The van der Waals surface area contributed by atoms with E-state index in [0.717, 1.165) is 12.8 Å². The van der Waals surface area contributed by atoms with Crippen LogP contribution in [0.25, 0.3) is 0 Å². The van der Waals surface area contributed by atoms with Crippen molar-refractivity contribution in [2.75, 3.05) is 6.61 Å². The van der Waals surface area contributed by atoms with Crippen LogP contribution in [0.2, 0.25) is 0 Å². The molecule has 1 aromatic rings. The van der Waals surface area contributed by atoms with Gasteiger partial charge in [0.25, 0.3) is 10.1 Å². The maximum atomic E-state index is 11.9. The van der Waals surface area contributed by atoms with Gasteiger partial charge in [0.05, 0.1) is 11.5 Å². The quantitative estimate of drug-likeness (QED) is 0.164. The summed E-state index contributed by atoms with van der Waals surface area (Å²) in [6.45, 7) is 2.55. The van der Waals surface area contributed by atoms with Crippen molar-refractivity contribution in [2.45, 2.75) is 102 Å². The number of hydrogen-bond donors (Lipinski definition) is 0. The van der Waals surface area contributed by atoms with E-state index in [9.17, 15) is 8.42 Å². The van der Waals surface area contributed by atoms with E-state index in [1.165, 1.54) is 77.0 Å². The molecule has 0 fully saturated rings. The Kier molecular flexibility index (Phi) is 18.7. The minimum atomic E-state index is -3.58. The topological polar surface area (TPSA) is 43.4 Å². The van der Waals surface area contributed by atoms with Crippen LogP contribution in [0.3, 0.4) is 0 Å². The molecule has 1 rings (SSSR count). The fourth-order valence-electron chi connectivity index (χ4n) is 3.12. The molecule has 0 saturated carbocycles. The number of unbranched alkanes of at least 4 members (excludes halogenated alkanes) is 13. The van der Waals surface area contributed by atoms with Gasteiger partial charge in [-0.15, -0.1) is 0 Å². The Morgan fingerprint density at radius 3 is 1.52 bits per heavy atom. The molecule has 2 radical (unpaired) electrons. The smallest absolute Gasteiger partial charge is 0.266 e. The number of rotatable bonds is 17. The number of benzene rings is 1. The van der Waals surface area contributed by atoms with E-state index in [0.29, 0.717) is 0 Å². The molecule has 0 spiro atoms. The molecule has 5 heteroatoms. The van der Waals surface area contributed by atoms with Gasteiger partial charge in [0.2, 0.25) is 0 Å². The second-order valence-electron chi connectivity index (χ2n) is 7.19. The molecule has 27 heavy (non-hydrogen) atoms. The summed E-state index contributed by atoms with van der Waals surface area (Å²) in [5.74, 6) is 0. The normalized spacial score (nSPS) is 11.3. The molecule has 0 aliphatic rings. The molecule has 0 saturated heterocycles. The molecule has 152 valence electrons. The van der Waals surface area contributed by atoms with Crippen molar-refractivity contribution in [3.8, 4) is 0 Å². The van der Waals surface area contributed by atoms with Gasteiger partial charge in [-0.1, -0.05) is 109 Å². The van der Waals surface area contributed by atoms with Gasteiger partial charge in [0.1, 0.15) is 0 Å². The average Bonchev–Trinajstić information content (AvgIpc) is 2.65. The monoisotopic (exact) mass is 422 g/mol. The minimum Gasteiger partial charge on any atom is -0.266 e. The minimum absolute atomic E-state index is 0. The van der Waals surface area contributed by atoms with E-state index < -0.39 is 10.1 Å². The summed E-state index contributed by atoms with van der Waals surface area (Å²) in [5.41, 5.74) is 0. The van der Waals surface area contributed by atoms with E-state index in [1.54, 1.807) is 30.3 Å². The third-order valence-electron chi connectivity index (χ3n) is 4.77. The Morgan fingerprint density at radius 1 is 0.667 bits per heavy atom. The third kappa shape index (κ3) is 15.0. The Bertz CT molecular complexity index is 532.